The summed E-state index contributed by atoms with van der Waals surface area (Å²) in [6.45, 7) is 0. The molecule has 0 aromatic rings. The molecule has 1 amide bonds. The molecular formula is C11H20N2O4. The lowest BCUT2D eigenvalue weighted by molar-refractivity contribution is -0.137. The lowest BCUT2D eigenvalue weighted by Gasteiger charge is -2.27. The van der Waals surface area contributed by atoms with Crippen LogP contribution in [-0.2, 0) is 9.59 Å². The summed E-state index contributed by atoms with van der Waals surface area (Å²) in [5.74, 6) is -1.29. The van der Waals surface area contributed by atoms with E-state index in [0.717, 1.165) is 19.3 Å². The summed E-state index contributed by atoms with van der Waals surface area (Å²) in [5.41, 5.74) is 5.58. The number of hydrogen-bond donors (Lipinski definition) is 4. The van der Waals surface area contributed by atoms with Crippen molar-refractivity contribution in [2.45, 2.75) is 56.7 Å². The molecule has 3 unspecified atom stereocenters. The number of carboxylic acid groups (broad SMARTS) is 1. The summed E-state index contributed by atoms with van der Waals surface area (Å²) in [6, 6.07) is -0.827. The van der Waals surface area contributed by atoms with Crippen molar-refractivity contribution in [2.75, 3.05) is 0 Å². The van der Waals surface area contributed by atoms with Gasteiger partial charge in [-0.3, -0.25) is 9.59 Å². The number of aliphatic carboxylic acids is 1. The van der Waals surface area contributed by atoms with E-state index in [0.29, 0.717) is 6.42 Å². The van der Waals surface area contributed by atoms with Gasteiger partial charge in [0, 0.05) is 12.5 Å². The number of rotatable bonds is 5. The second-order valence-corrected chi connectivity index (χ2v) is 4.56. The molecule has 0 aromatic heterocycles. The largest absolute Gasteiger partial charge is 0.481 e. The van der Waals surface area contributed by atoms with Gasteiger partial charge in [0.15, 0.2) is 0 Å². The Morgan fingerprint density at radius 2 is 2.12 bits per heavy atom. The maximum Gasteiger partial charge on any atom is 0.303 e. The van der Waals surface area contributed by atoms with Crippen molar-refractivity contribution in [2.24, 2.45) is 5.73 Å². The number of amides is 1. The highest BCUT2D eigenvalue weighted by atomic mass is 16.4. The number of nitrogens with one attached hydrogen (secondary N) is 1. The van der Waals surface area contributed by atoms with E-state index in [1.165, 1.54) is 0 Å². The molecule has 1 aliphatic rings. The maximum atomic E-state index is 11.6. The van der Waals surface area contributed by atoms with E-state index >= 15 is 0 Å². The predicted molar refractivity (Wildman–Crippen MR) is 61.3 cm³/mol. The minimum Gasteiger partial charge on any atom is -0.481 e. The third kappa shape index (κ3) is 5.14. The molecule has 17 heavy (non-hydrogen) atoms. The van der Waals surface area contributed by atoms with Gasteiger partial charge < -0.3 is 21.3 Å². The highest BCUT2D eigenvalue weighted by Crippen LogP contribution is 2.18. The molecule has 3 atom stereocenters. The van der Waals surface area contributed by atoms with Crippen molar-refractivity contribution >= 4 is 11.9 Å². The zero-order chi connectivity index (χ0) is 12.8. The average Bonchev–Trinajstić information content (AvgIpc) is 2.25. The monoisotopic (exact) mass is 244 g/mol. The Kier molecular flexibility index (Phi) is 5.37. The Hall–Kier alpha value is -1.14. The van der Waals surface area contributed by atoms with E-state index in [4.69, 9.17) is 10.8 Å². The van der Waals surface area contributed by atoms with Crippen LogP contribution in [0.5, 0.6) is 0 Å². The van der Waals surface area contributed by atoms with Crippen LogP contribution in [0.2, 0.25) is 0 Å². The highest BCUT2D eigenvalue weighted by Gasteiger charge is 2.23. The number of carbonyl (C=O) groups is 2. The van der Waals surface area contributed by atoms with E-state index in [-0.39, 0.29) is 30.9 Å². The van der Waals surface area contributed by atoms with Crippen LogP contribution in [0.25, 0.3) is 0 Å². The average molecular weight is 244 g/mol. The maximum absolute atomic E-state index is 11.6. The van der Waals surface area contributed by atoms with E-state index in [1.807, 2.05) is 0 Å². The van der Waals surface area contributed by atoms with Gasteiger partial charge in [-0.25, -0.2) is 0 Å². The molecule has 0 spiro atoms. The Morgan fingerprint density at radius 3 is 2.71 bits per heavy atom. The lowest BCUT2D eigenvalue weighted by Crippen LogP contribution is -2.47. The second-order valence-electron chi connectivity index (χ2n) is 4.56. The van der Waals surface area contributed by atoms with Gasteiger partial charge in [-0.1, -0.05) is 0 Å². The topological polar surface area (TPSA) is 113 Å². The molecule has 6 heteroatoms. The zero-order valence-electron chi connectivity index (χ0n) is 9.76. The van der Waals surface area contributed by atoms with Crippen molar-refractivity contribution in [1.82, 2.24) is 5.32 Å². The van der Waals surface area contributed by atoms with Crippen molar-refractivity contribution in [1.29, 1.82) is 0 Å². The summed E-state index contributed by atoms with van der Waals surface area (Å²) >= 11 is 0. The molecule has 98 valence electrons. The fourth-order valence-corrected chi connectivity index (χ4v) is 2.01. The molecule has 0 bridgehead atoms. The van der Waals surface area contributed by atoms with Gasteiger partial charge >= 0.3 is 5.97 Å². The summed E-state index contributed by atoms with van der Waals surface area (Å²) in [7, 11) is 0. The van der Waals surface area contributed by atoms with Crippen LogP contribution in [0.3, 0.4) is 0 Å². The summed E-state index contributed by atoms with van der Waals surface area (Å²) in [6.07, 6.45) is 2.72. The molecule has 0 aliphatic heterocycles. The van der Waals surface area contributed by atoms with E-state index in [2.05, 4.69) is 5.32 Å². The lowest BCUT2D eigenvalue weighted by atomic mass is 9.93. The third-order valence-electron chi connectivity index (χ3n) is 3.00. The van der Waals surface area contributed by atoms with Gasteiger partial charge in [0.25, 0.3) is 0 Å². The first-order valence-corrected chi connectivity index (χ1v) is 5.95. The van der Waals surface area contributed by atoms with E-state index < -0.39 is 12.0 Å². The number of nitrogens with two attached hydrogens (primary N) is 1. The van der Waals surface area contributed by atoms with Crippen molar-refractivity contribution in [3.63, 3.8) is 0 Å². The molecule has 0 saturated heterocycles. The molecular weight excluding hydrogens is 224 g/mol. The predicted octanol–water partition coefficient (Wildman–Crippen LogP) is -0.402. The van der Waals surface area contributed by atoms with Gasteiger partial charge in [-0.2, -0.15) is 0 Å². The summed E-state index contributed by atoms with van der Waals surface area (Å²) < 4.78 is 0. The second kappa shape index (κ2) is 6.56. The zero-order valence-corrected chi connectivity index (χ0v) is 9.76. The molecule has 1 aliphatic carbocycles. The van der Waals surface area contributed by atoms with Crippen molar-refractivity contribution in [3.05, 3.63) is 0 Å². The smallest absolute Gasteiger partial charge is 0.303 e. The molecule has 6 nitrogen and oxygen atoms in total. The minimum absolute atomic E-state index is 0.0397. The number of aliphatic hydroxyl groups is 1. The van der Waals surface area contributed by atoms with E-state index in [1.54, 1.807) is 0 Å². The normalized spacial score (nSPS) is 26.2. The van der Waals surface area contributed by atoms with Gasteiger partial charge in [0.1, 0.15) is 0 Å². The number of aliphatic hydroxyl groups excluding tert-OH is 1. The summed E-state index contributed by atoms with van der Waals surface area (Å²) in [4.78, 5) is 22.0. The first kappa shape index (κ1) is 13.9. The molecule has 0 heterocycles. The molecule has 0 radical (unpaired) electrons. The molecule has 0 aromatic carbocycles. The Labute approximate surface area is 100 Å². The SMILES string of the molecule is NC(CCC(=O)O)C(=O)NC1CCCC(O)C1. The Balaban J connectivity index is 2.29. The summed E-state index contributed by atoms with van der Waals surface area (Å²) in [5, 5.41) is 20.7. The van der Waals surface area contributed by atoms with Gasteiger partial charge in [0.2, 0.25) is 5.91 Å². The first-order chi connectivity index (χ1) is 7.99. The van der Waals surface area contributed by atoms with Crippen LogP contribution in [0, 0.1) is 0 Å². The molecule has 1 rings (SSSR count). The fourth-order valence-electron chi connectivity index (χ4n) is 2.01. The minimum atomic E-state index is -0.957. The number of carbonyl (C=O) groups excluding carboxylic acids is 1. The van der Waals surface area contributed by atoms with Gasteiger partial charge in [0.05, 0.1) is 12.1 Å². The van der Waals surface area contributed by atoms with Crippen LogP contribution in [0.15, 0.2) is 0 Å². The van der Waals surface area contributed by atoms with Gasteiger partial charge in [-0.05, 0) is 32.1 Å². The van der Waals surface area contributed by atoms with Gasteiger partial charge in [-0.15, -0.1) is 0 Å². The van der Waals surface area contributed by atoms with E-state index in [9.17, 15) is 14.7 Å². The van der Waals surface area contributed by atoms with Crippen molar-refractivity contribution < 1.29 is 19.8 Å². The number of carboxylic acids is 1. The van der Waals surface area contributed by atoms with Crippen LogP contribution in [-0.4, -0.2) is 40.3 Å². The van der Waals surface area contributed by atoms with Crippen LogP contribution >= 0.6 is 0 Å². The third-order valence-corrected chi connectivity index (χ3v) is 3.00. The molecule has 1 saturated carbocycles. The molecule has 1 fully saturated rings. The quantitative estimate of drug-likeness (QED) is 0.525. The Bertz CT molecular complexity index is 283. The fraction of sp³-hybridized carbons (Fsp3) is 0.818. The van der Waals surface area contributed by atoms with Crippen LogP contribution in [0.1, 0.15) is 38.5 Å². The number of hydrogen-bond acceptors (Lipinski definition) is 4. The Morgan fingerprint density at radius 1 is 1.41 bits per heavy atom. The molecule has 5 N–H and O–H groups in total. The van der Waals surface area contributed by atoms with Crippen LogP contribution < -0.4 is 11.1 Å². The standard InChI is InChI=1S/C11H20N2O4/c12-9(4-5-10(15)16)11(17)13-7-2-1-3-8(14)6-7/h7-9,14H,1-6,12H2,(H,13,17)(H,15,16). The van der Waals surface area contributed by atoms with Crippen LogP contribution in [0.4, 0.5) is 0 Å². The first-order valence-electron chi connectivity index (χ1n) is 5.95. The van der Waals surface area contributed by atoms with Crippen molar-refractivity contribution in [3.8, 4) is 0 Å². The highest BCUT2D eigenvalue weighted by molar-refractivity contribution is 5.82.